The smallest absolute Gasteiger partial charge is 0.126 e. The molecule has 106 valence electrons. The number of hydrogen-bond acceptors (Lipinski definition) is 1. The van der Waals surface area contributed by atoms with Crippen molar-refractivity contribution in [2.24, 2.45) is 11.8 Å². The Morgan fingerprint density at radius 2 is 1.63 bits per heavy atom. The molecule has 1 aromatic rings. The van der Waals surface area contributed by atoms with Crippen LogP contribution in [0.25, 0.3) is 0 Å². The molecule has 0 aliphatic heterocycles. The Labute approximate surface area is 124 Å². The zero-order valence-corrected chi connectivity index (χ0v) is 12.9. The summed E-state index contributed by atoms with van der Waals surface area (Å²) < 4.78 is 13.1. The Kier molecular flexibility index (Phi) is 4.97. The molecule has 0 bridgehead atoms. The van der Waals surface area contributed by atoms with Gasteiger partial charge in [-0.2, -0.15) is 0 Å². The second-order valence-electron chi connectivity index (χ2n) is 5.74. The first-order valence-corrected chi connectivity index (χ1v) is 7.64. The van der Waals surface area contributed by atoms with Crippen molar-refractivity contribution in [2.45, 2.75) is 45.6 Å². The van der Waals surface area contributed by atoms with E-state index in [4.69, 9.17) is 23.2 Å². The lowest BCUT2D eigenvalue weighted by molar-refractivity contribution is 0.267. The standard InChI is InChI=1S/C15H20Cl2FN/c1-9(2)10-3-5-12(6-4-10)19-15-13(16)7-11(18)8-14(15)17/h7-10,12,19H,3-6H2,1-2H3. The molecule has 1 N–H and O–H groups in total. The molecule has 0 aromatic heterocycles. The van der Waals surface area contributed by atoms with Crippen LogP contribution in [0.15, 0.2) is 12.1 Å². The average molecular weight is 304 g/mol. The van der Waals surface area contributed by atoms with Crippen LogP contribution in [0.4, 0.5) is 10.1 Å². The Balaban J connectivity index is 2.00. The van der Waals surface area contributed by atoms with Gasteiger partial charge in [0.25, 0.3) is 0 Å². The third-order valence-electron chi connectivity index (χ3n) is 4.07. The number of nitrogens with one attached hydrogen (secondary N) is 1. The molecule has 1 saturated carbocycles. The minimum atomic E-state index is -0.399. The molecule has 1 aliphatic rings. The van der Waals surface area contributed by atoms with Crippen LogP contribution in [-0.4, -0.2) is 6.04 Å². The first kappa shape index (κ1) is 14.9. The van der Waals surface area contributed by atoms with Gasteiger partial charge in [-0.05, 0) is 49.7 Å². The maximum absolute atomic E-state index is 13.1. The van der Waals surface area contributed by atoms with Gasteiger partial charge in [-0.15, -0.1) is 0 Å². The van der Waals surface area contributed by atoms with E-state index in [1.807, 2.05) is 0 Å². The van der Waals surface area contributed by atoms with Gasteiger partial charge in [-0.1, -0.05) is 37.0 Å². The first-order valence-electron chi connectivity index (χ1n) is 6.88. The fourth-order valence-corrected chi connectivity index (χ4v) is 3.38. The van der Waals surface area contributed by atoms with Crippen LogP contribution < -0.4 is 5.32 Å². The van der Waals surface area contributed by atoms with Crippen LogP contribution in [0, 0.1) is 17.7 Å². The van der Waals surface area contributed by atoms with Crippen molar-refractivity contribution in [1.29, 1.82) is 0 Å². The van der Waals surface area contributed by atoms with Crippen LogP contribution >= 0.6 is 23.2 Å². The molecule has 19 heavy (non-hydrogen) atoms. The summed E-state index contributed by atoms with van der Waals surface area (Å²) >= 11 is 12.1. The highest BCUT2D eigenvalue weighted by Crippen LogP contribution is 2.36. The van der Waals surface area contributed by atoms with Gasteiger partial charge in [0.1, 0.15) is 5.82 Å². The summed E-state index contributed by atoms with van der Waals surface area (Å²) in [5.74, 6) is 1.17. The second-order valence-corrected chi connectivity index (χ2v) is 6.56. The summed E-state index contributed by atoms with van der Waals surface area (Å²) in [5, 5.41) is 4.09. The normalized spacial score (nSPS) is 23.7. The second kappa shape index (κ2) is 6.32. The van der Waals surface area contributed by atoms with Crippen molar-refractivity contribution in [3.8, 4) is 0 Å². The summed E-state index contributed by atoms with van der Waals surface area (Å²) in [5.41, 5.74) is 0.665. The molecule has 0 heterocycles. The number of anilines is 1. The van der Waals surface area contributed by atoms with E-state index in [2.05, 4.69) is 19.2 Å². The summed E-state index contributed by atoms with van der Waals surface area (Å²) in [4.78, 5) is 0. The molecule has 1 aromatic carbocycles. The van der Waals surface area contributed by atoms with Crippen LogP contribution in [0.1, 0.15) is 39.5 Å². The lowest BCUT2D eigenvalue weighted by Gasteiger charge is -2.32. The van der Waals surface area contributed by atoms with Crippen LogP contribution in [0.3, 0.4) is 0 Å². The molecule has 1 nitrogen and oxygen atoms in total. The Hall–Kier alpha value is -0.470. The van der Waals surface area contributed by atoms with Gasteiger partial charge in [-0.3, -0.25) is 0 Å². The number of hydrogen-bond donors (Lipinski definition) is 1. The van der Waals surface area contributed by atoms with Gasteiger partial charge < -0.3 is 5.32 Å². The highest BCUT2D eigenvalue weighted by Gasteiger charge is 2.24. The third-order valence-corrected chi connectivity index (χ3v) is 4.67. The molecule has 0 atom stereocenters. The van der Waals surface area contributed by atoms with Crippen molar-refractivity contribution in [1.82, 2.24) is 0 Å². The molecule has 4 heteroatoms. The zero-order chi connectivity index (χ0) is 14.0. The van der Waals surface area contributed by atoms with E-state index in [0.717, 1.165) is 24.7 Å². The molecule has 1 fully saturated rings. The Bertz CT molecular complexity index is 417. The lowest BCUT2D eigenvalue weighted by Crippen LogP contribution is -2.28. The van der Waals surface area contributed by atoms with Gasteiger partial charge in [0.15, 0.2) is 0 Å². The van der Waals surface area contributed by atoms with Crippen LogP contribution in [0.2, 0.25) is 10.0 Å². The maximum Gasteiger partial charge on any atom is 0.126 e. The van der Waals surface area contributed by atoms with Crippen molar-refractivity contribution in [2.75, 3.05) is 5.32 Å². The van der Waals surface area contributed by atoms with E-state index in [9.17, 15) is 4.39 Å². The van der Waals surface area contributed by atoms with E-state index in [-0.39, 0.29) is 0 Å². The van der Waals surface area contributed by atoms with Crippen molar-refractivity contribution < 1.29 is 4.39 Å². The lowest BCUT2D eigenvalue weighted by atomic mass is 9.79. The first-order chi connectivity index (χ1) is 8.97. The third kappa shape index (κ3) is 3.76. The maximum atomic E-state index is 13.1. The molecule has 1 aliphatic carbocycles. The largest absolute Gasteiger partial charge is 0.380 e. The SMILES string of the molecule is CC(C)C1CCC(Nc2c(Cl)cc(F)cc2Cl)CC1. The average Bonchev–Trinajstić information content (AvgIpc) is 2.34. The van der Waals surface area contributed by atoms with Gasteiger partial charge in [0.05, 0.1) is 15.7 Å². The topological polar surface area (TPSA) is 12.0 Å². The van der Waals surface area contributed by atoms with Gasteiger partial charge >= 0.3 is 0 Å². The molecule has 0 radical (unpaired) electrons. The minimum Gasteiger partial charge on any atom is -0.380 e. The molecule has 0 saturated heterocycles. The quantitative estimate of drug-likeness (QED) is 0.748. The van der Waals surface area contributed by atoms with Crippen molar-refractivity contribution in [3.63, 3.8) is 0 Å². The molecule has 0 amide bonds. The predicted octanol–water partition coefficient (Wildman–Crippen LogP) is 5.76. The fourth-order valence-electron chi connectivity index (χ4n) is 2.81. The van der Waals surface area contributed by atoms with E-state index in [1.165, 1.54) is 25.0 Å². The Morgan fingerprint density at radius 1 is 1.11 bits per heavy atom. The monoisotopic (exact) mass is 303 g/mol. The summed E-state index contributed by atoms with van der Waals surface area (Å²) in [6.45, 7) is 4.57. The van der Waals surface area contributed by atoms with Gasteiger partial charge in [-0.25, -0.2) is 4.39 Å². The van der Waals surface area contributed by atoms with E-state index in [1.54, 1.807) is 0 Å². The zero-order valence-electron chi connectivity index (χ0n) is 11.3. The molecule has 0 spiro atoms. The number of rotatable bonds is 3. The van der Waals surface area contributed by atoms with Crippen molar-refractivity contribution in [3.05, 3.63) is 28.0 Å². The minimum absolute atomic E-state index is 0.357. The predicted molar refractivity (Wildman–Crippen MR) is 80.6 cm³/mol. The number of benzene rings is 1. The molecule has 2 rings (SSSR count). The van der Waals surface area contributed by atoms with E-state index in [0.29, 0.717) is 21.8 Å². The van der Waals surface area contributed by atoms with Crippen LogP contribution in [-0.2, 0) is 0 Å². The highest BCUT2D eigenvalue weighted by molar-refractivity contribution is 6.39. The van der Waals surface area contributed by atoms with E-state index < -0.39 is 5.82 Å². The van der Waals surface area contributed by atoms with E-state index >= 15 is 0 Å². The molecular formula is C15H20Cl2FN. The van der Waals surface area contributed by atoms with Crippen LogP contribution in [0.5, 0.6) is 0 Å². The number of halogens is 3. The van der Waals surface area contributed by atoms with Crippen molar-refractivity contribution >= 4 is 28.9 Å². The summed E-state index contributed by atoms with van der Waals surface area (Å²) in [6, 6.07) is 2.99. The van der Waals surface area contributed by atoms with Gasteiger partial charge in [0.2, 0.25) is 0 Å². The Morgan fingerprint density at radius 3 is 2.11 bits per heavy atom. The summed E-state index contributed by atoms with van der Waals surface area (Å²) in [6.07, 6.45) is 4.69. The van der Waals surface area contributed by atoms with Gasteiger partial charge in [0, 0.05) is 6.04 Å². The summed E-state index contributed by atoms with van der Waals surface area (Å²) in [7, 11) is 0. The molecular weight excluding hydrogens is 284 g/mol. The highest BCUT2D eigenvalue weighted by atomic mass is 35.5. The molecule has 0 unspecified atom stereocenters. The fraction of sp³-hybridized carbons (Fsp3) is 0.600.